The van der Waals surface area contributed by atoms with E-state index < -0.39 is 0 Å². The summed E-state index contributed by atoms with van der Waals surface area (Å²) in [6.45, 7) is 5.26. The highest BCUT2D eigenvalue weighted by Gasteiger charge is 2.06. The third-order valence-electron chi connectivity index (χ3n) is 2.37. The van der Waals surface area contributed by atoms with E-state index in [1.165, 1.54) is 0 Å². The summed E-state index contributed by atoms with van der Waals surface area (Å²) in [6.07, 6.45) is 0.907. The molecule has 0 aliphatic rings. The number of nitrogens with one attached hydrogen (secondary N) is 1. The summed E-state index contributed by atoms with van der Waals surface area (Å²) in [7, 11) is 0. The normalized spacial score (nSPS) is 10.3. The minimum absolute atomic E-state index is 0.0880. The Morgan fingerprint density at radius 3 is 2.79 bits per heavy atom. The zero-order valence-electron chi connectivity index (χ0n) is 11.4. The Labute approximate surface area is 122 Å². The van der Waals surface area contributed by atoms with Crippen molar-refractivity contribution in [3.8, 4) is 5.75 Å². The van der Waals surface area contributed by atoms with E-state index in [-0.39, 0.29) is 12.5 Å². The van der Waals surface area contributed by atoms with Gasteiger partial charge >= 0.3 is 0 Å². The van der Waals surface area contributed by atoms with Crippen LogP contribution in [-0.2, 0) is 14.9 Å². The molecule has 0 atom stereocenters. The summed E-state index contributed by atoms with van der Waals surface area (Å²) in [4.78, 5) is 11.6. The molecule has 1 N–H and O–H groups in total. The van der Waals surface area contributed by atoms with Gasteiger partial charge in [0.2, 0.25) is 5.91 Å². The summed E-state index contributed by atoms with van der Waals surface area (Å²) < 4.78 is 10.7. The maximum absolute atomic E-state index is 11.6. The molecule has 0 saturated heterocycles. The van der Waals surface area contributed by atoms with Crippen LogP contribution in [0, 0.1) is 0 Å². The number of carbonyl (C=O) groups excluding carboxylic acids is 1. The average molecular weight is 330 g/mol. The minimum atomic E-state index is -0.141. The molecule has 4 nitrogen and oxygen atoms in total. The fourth-order valence-corrected chi connectivity index (χ4v) is 2.00. The largest absolute Gasteiger partial charge is 0.494 e. The van der Waals surface area contributed by atoms with Gasteiger partial charge in [0, 0.05) is 23.2 Å². The second-order valence-electron chi connectivity index (χ2n) is 3.99. The second kappa shape index (κ2) is 8.93. The van der Waals surface area contributed by atoms with Crippen LogP contribution in [0.25, 0.3) is 0 Å². The van der Waals surface area contributed by atoms with Crippen LogP contribution in [0.1, 0.15) is 25.8 Å². The molecule has 1 aromatic rings. The number of halogens is 1. The van der Waals surface area contributed by atoms with Crippen LogP contribution in [0.4, 0.5) is 5.69 Å². The number of ether oxygens (including phenoxy) is 2. The fraction of sp³-hybridized carbons (Fsp3) is 0.500. The first-order chi connectivity index (χ1) is 9.21. The zero-order valence-corrected chi connectivity index (χ0v) is 13.0. The maximum atomic E-state index is 11.6. The summed E-state index contributed by atoms with van der Waals surface area (Å²) >= 11 is 3.41. The fourth-order valence-electron chi connectivity index (χ4n) is 1.56. The summed E-state index contributed by atoms with van der Waals surface area (Å²) in [5.41, 5.74) is 1.76. The molecule has 1 aromatic carbocycles. The molecule has 0 aromatic heterocycles. The third-order valence-corrected chi connectivity index (χ3v) is 2.97. The summed E-state index contributed by atoms with van der Waals surface area (Å²) in [5.74, 6) is 0.692. The molecule has 0 radical (unpaired) electrons. The van der Waals surface area contributed by atoms with Crippen LogP contribution in [0.5, 0.6) is 5.75 Å². The van der Waals surface area contributed by atoms with Crippen molar-refractivity contribution >= 4 is 27.5 Å². The van der Waals surface area contributed by atoms with E-state index in [4.69, 9.17) is 9.47 Å². The van der Waals surface area contributed by atoms with Gasteiger partial charge < -0.3 is 14.8 Å². The first-order valence-electron chi connectivity index (χ1n) is 6.40. The van der Waals surface area contributed by atoms with Crippen LogP contribution in [0.15, 0.2) is 18.2 Å². The molecule has 0 aliphatic carbocycles. The molecule has 106 valence electrons. The lowest BCUT2D eigenvalue weighted by atomic mass is 10.2. The van der Waals surface area contributed by atoms with Crippen molar-refractivity contribution in [2.24, 2.45) is 0 Å². The Hall–Kier alpha value is -1.07. The van der Waals surface area contributed by atoms with E-state index in [2.05, 4.69) is 21.2 Å². The molecule has 19 heavy (non-hydrogen) atoms. The number of anilines is 1. The molecule has 0 fully saturated rings. The van der Waals surface area contributed by atoms with Crippen molar-refractivity contribution in [2.75, 3.05) is 25.1 Å². The highest BCUT2D eigenvalue weighted by Crippen LogP contribution is 2.25. The van der Waals surface area contributed by atoms with Crippen LogP contribution in [-0.4, -0.2) is 25.7 Å². The standard InChI is InChI=1S/C14H20BrNO3/c1-3-7-18-10-14(17)16-12-5-6-13(19-4-2)11(8-12)9-15/h5-6,8H,3-4,7,9-10H2,1-2H3,(H,16,17). The topological polar surface area (TPSA) is 47.6 Å². The van der Waals surface area contributed by atoms with E-state index in [0.29, 0.717) is 18.5 Å². The second-order valence-corrected chi connectivity index (χ2v) is 4.55. The SMILES string of the molecule is CCCOCC(=O)Nc1ccc(OCC)c(CBr)c1. The third kappa shape index (κ3) is 5.61. The van der Waals surface area contributed by atoms with Crippen molar-refractivity contribution in [2.45, 2.75) is 25.6 Å². The number of alkyl halides is 1. The Kier molecular flexibility index (Phi) is 7.52. The van der Waals surface area contributed by atoms with Gasteiger partial charge in [-0.05, 0) is 31.5 Å². The predicted molar refractivity (Wildman–Crippen MR) is 80.0 cm³/mol. The molecule has 0 unspecified atom stereocenters. The van der Waals surface area contributed by atoms with Gasteiger partial charge in [0.1, 0.15) is 12.4 Å². The number of hydrogen-bond donors (Lipinski definition) is 1. The number of hydrogen-bond acceptors (Lipinski definition) is 3. The smallest absolute Gasteiger partial charge is 0.250 e. The molecule has 0 spiro atoms. The van der Waals surface area contributed by atoms with E-state index >= 15 is 0 Å². The Balaban J connectivity index is 2.61. The molecule has 0 aliphatic heterocycles. The summed E-state index contributed by atoms with van der Waals surface area (Å²) in [5, 5.41) is 3.48. The first kappa shape index (κ1) is 16.0. The van der Waals surface area contributed by atoms with Crippen LogP contribution in [0.2, 0.25) is 0 Å². The number of amides is 1. The number of benzene rings is 1. The van der Waals surface area contributed by atoms with Crippen molar-refractivity contribution in [3.05, 3.63) is 23.8 Å². The lowest BCUT2D eigenvalue weighted by molar-refractivity contribution is -0.120. The maximum Gasteiger partial charge on any atom is 0.250 e. The molecule has 5 heteroatoms. The Bertz CT molecular complexity index is 410. The van der Waals surface area contributed by atoms with Crippen molar-refractivity contribution in [1.29, 1.82) is 0 Å². The van der Waals surface area contributed by atoms with Crippen molar-refractivity contribution in [1.82, 2.24) is 0 Å². The average Bonchev–Trinajstić information content (AvgIpc) is 2.41. The van der Waals surface area contributed by atoms with Gasteiger partial charge in [-0.2, -0.15) is 0 Å². The molecule has 1 amide bonds. The van der Waals surface area contributed by atoms with Gasteiger partial charge in [0.05, 0.1) is 6.61 Å². The molecule has 0 saturated carbocycles. The molecular weight excluding hydrogens is 310 g/mol. The molecule has 0 bridgehead atoms. The van der Waals surface area contributed by atoms with Gasteiger partial charge in [0.15, 0.2) is 0 Å². The van der Waals surface area contributed by atoms with Crippen LogP contribution < -0.4 is 10.1 Å². The number of carbonyl (C=O) groups is 1. The number of rotatable bonds is 8. The van der Waals surface area contributed by atoms with Crippen molar-refractivity contribution in [3.63, 3.8) is 0 Å². The van der Waals surface area contributed by atoms with E-state index in [9.17, 15) is 4.79 Å². The predicted octanol–water partition coefficient (Wildman–Crippen LogP) is 3.35. The van der Waals surface area contributed by atoms with Crippen molar-refractivity contribution < 1.29 is 14.3 Å². The molecule has 0 heterocycles. The molecular formula is C14H20BrNO3. The monoisotopic (exact) mass is 329 g/mol. The van der Waals surface area contributed by atoms with E-state index in [0.717, 1.165) is 23.4 Å². The quantitative estimate of drug-likeness (QED) is 0.587. The lowest BCUT2D eigenvalue weighted by Crippen LogP contribution is -2.18. The highest BCUT2D eigenvalue weighted by molar-refractivity contribution is 9.08. The van der Waals surface area contributed by atoms with Gasteiger partial charge in [-0.3, -0.25) is 4.79 Å². The first-order valence-corrected chi connectivity index (χ1v) is 7.52. The van der Waals surface area contributed by atoms with Gasteiger partial charge in [-0.25, -0.2) is 0 Å². The molecule has 1 rings (SSSR count). The van der Waals surface area contributed by atoms with E-state index in [1.807, 2.05) is 32.0 Å². The van der Waals surface area contributed by atoms with Crippen LogP contribution in [0.3, 0.4) is 0 Å². The van der Waals surface area contributed by atoms with Crippen LogP contribution >= 0.6 is 15.9 Å². The summed E-state index contributed by atoms with van der Waals surface area (Å²) in [6, 6.07) is 5.59. The van der Waals surface area contributed by atoms with Gasteiger partial charge in [0.25, 0.3) is 0 Å². The minimum Gasteiger partial charge on any atom is -0.494 e. The Morgan fingerprint density at radius 1 is 1.37 bits per heavy atom. The van der Waals surface area contributed by atoms with Gasteiger partial charge in [-0.15, -0.1) is 0 Å². The highest BCUT2D eigenvalue weighted by atomic mass is 79.9. The Morgan fingerprint density at radius 2 is 2.16 bits per heavy atom. The van der Waals surface area contributed by atoms with Gasteiger partial charge in [-0.1, -0.05) is 22.9 Å². The zero-order chi connectivity index (χ0) is 14.1. The van der Waals surface area contributed by atoms with E-state index in [1.54, 1.807) is 0 Å². The lowest BCUT2D eigenvalue weighted by Gasteiger charge is -2.11.